The third kappa shape index (κ3) is 2.38. The molecule has 0 radical (unpaired) electrons. The van der Waals surface area contributed by atoms with Crippen LogP contribution >= 0.6 is 0 Å². The van der Waals surface area contributed by atoms with E-state index in [1.165, 1.54) is 6.42 Å². The highest BCUT2D eigenvalue weighted by molar-refractivity contribution is 5.75. The second-order valence-electron chi connectivity index (χ2n) is 5.33. The van der Waals surface area contributed by atoms with Crippen LogP contribution in [-0.4, -0.2) is 48.8 Å². The lowest BCUT2D eigenvalue weighted by atomic mass is 9.80. The van der Waals surface area contributed by atoms with E-state index in [-0.39, 0.29) is 0 Å². The number of hydrogen-bond donors (Lipinski definition) is 1. The van der Waals surface area contributed by atoms with E-state index < -0.39 is 11.4 Å². The molecule has 16 heavy (non-hydrogen) atoms. The van der Waals surface area contributed by atoms with Crippen molar-refractivity contribution in [3.63, 3.8) is 0 Å². The largest absolute Gasteiger partial charge is 0.481 e. The van der Waals surface area contributed by atoms with Gasteiger partial charge in [-0.25, -0.2) is 0 Å². The zero-order valence-corrected chi connectivity index (χ0v) is 9.95. The Balaban J connectivity index is 1.99. The van der Waals surface area contributed by atoms with Crippen molar-refractivity contribution in [2.45, 2.75) is 26.2 Å². The van der Waals surface area contributed by atoms with E-state index in [1.54, 1.807) is 0 Å². The van der Waals surface area contributed by atoms with E-state index in [4.69, 9.17) is 4.74 Å². The number of hydrogen-bond acceptors (Lipinski definition) is 3. The molecule has 2 heterocycles. The van der Waals surface area contributed by atoms with Gasteiger partial charge in [-0.15, -0.1) is 0 Å². The molecule has 2 aliphatic heterocycles. The minimum absolute atomic E-state index is 0.553. The molecule has 2 aliphatic rings. The molecule has 0 saturated carbocycles. The van der Waals surface area contributed by atoms with E-state index in [1.807, 2.05) is 0 Å². The lowest BCUT2D eigenvalue weighted by Crippen LogP contribution is -2.46. The van der Waals surface area contributed by atoms with Gasteiger partial charge in [0.2, 0.25) is 0 Å². The van der Waals surface area contributed by atoms with Gasteiger partial charge in [-0.3, -0.25) is 4.79 Å². The highest BCUT2D eigenvalue weighted by atomic mass is 16.5. The molecular formula is C12H21NO3. The van der Waals surface area contributed by atoms with E-state index in [9.17, 15) is 9.90 Å². The summed E-state index contributed by atoms with van der Waals surface area (Å²) in [5.74, 6) is 0.0704. The van der Waals surface area contributed by atoms with Crippen molar-refractivity contribution in [3.8, 4) is 0 Å². The van der Waals surface area contributed by atoms with Crippen molar-refractivity contribution >= 4 is 5.97 Å². The molecule has 4 heteroatoms. The molecule has 92 valence electrons. The third-order valence-electron chi connectivity index (χ3n) is 3.94. The molecule has 1 unspecified atom stereocenters. The van der Waals surface area contributed by atoms with E-state index in [0.717, 1.165) is 13.1 Å². The summed E-state index contributed by atoms with van der Waals surface area (Å²) < 4.78 is 5.28. The van der Waals surface area contributed by atoms with Gasteiger partial charge in [-0.1, -0.05) is 6.92 Å². The van der Waals surface area contributed by atoms with Crippen LogP contribution in [0.4, 0.5) is 0 Å². The van der Waals surface area contributed by atoms with Crippen molar-refractivity contribution in [2.75, 3.05) is 32.8 Å². The summed E-state index contributed by atoms with van der Waals surface area (Å²) in [7, 11) is 0. The normalized spacial score (nSPS) is 30.4. The first kappa shape index (κ1) is 11.9. The van der Waals surface area contributed by atoms with Gasteiger partial charge in [0.1, 0.15) is 0 Å². The van der Waals surface area contributed by atoms with Gasteiger partial charge in [-0.2, -0.15) is 0 Å². The number of nitrogens with zero attached hydrogens (tertiary/aromatic N) is 1. The topological polar surface area (TPSA) is 49.8 Å². The van der Waals surface area contributed by atoms with Gasteiger partial charge in [0, 0.05) is 26.3 Å². The smallest absolute Gasteiger partial charge is 0.311 e. The van der Waals surface area contributed by atoms with Crippen LogP contribution in [-0.2, 0) is 9.53 Å². The van der Waals surface area contributed by atoms with Gasteiger partial charge in [0.25, 0.3) is 0 Å². The molecule has 1 atom stereocenters. The van der Waals surface area contributed by atoms with Crippen LogP contribution in [0, 0.1) is 11.3 Å². The summed E-state index contributed by atoms with van der Waals surface area (Å²) in [6.45, 7) is 6.23. The molecule has 4 nitrogen and oxygen atoms in total. The minimum Gasteiger partial charge on any atom is -0.481 e. The maximum absolute atomic E-state index is 11.5. The molecule has 0 bridgehead atoms. The Morgan fingerprint density at radius 2 is 2.19 bits per heavy atom. The molecule has 2 rings (SSSR count). The predicted octanol–water partition coefficient (Wildman–Crippen LogP) is 1.21. The number of aliphatic carboxylic acids is 1. The standard InChI is InChI=1S/C12H21NO3/c1-10-2-5-13(8-10)9-12(11(14)15)3-6-16-7-4-12/h10H,2-9H2,1H3,(H,14,15). The molecule has 2 fully saturated rings. The Hall–Kier alpha value is -0.610. The van der Waals surface area contributed by atoms with Crippen LogP contribution in [0.5, 0.6) is 0 Å². The van der Waals surface area contributed by atoms with Crippen molar-refractivity contribution in [3.05, 3.63) is 0 Å². The average molecular weight is 227 g/mol. The Bertz CT molecular complexity index is 261. The Kier molecular flexibility index (Phi) is 3.50. The number of carbonyl (C=O) groups is 1. The van der Waals surface area contributed by atoms with Crippen LogP contribution in [0.15, 0.2) is 0 Å². The number of carboxylic acids is 1. The fourth-order valence-electron chi connectivity index (χ4n) is 2.80. The first-order chi connectivity index (χ1) is 7.62. The number of likely N-dealkylation sites (tertiary alicyclic amines) is 1. The fraction of sp³-hybridized carbons (Fsp3) is 0.917. The van der Waals surface area contributed by atoms with Gasteiger partial charge < -0.3 is 14.7 Å². The zero-order chi connectivity index (χ0) is 11.6. The quantitative estimate of drug-likeness (QED) is 0.787. The van der Waals surface area contributed by atoms with Crippen molar-refractivity contribution in [2.24, 2.45) is 11.3 Å². The van der Waals surface area contributed by atoms with Gasteiger partial charge in [0.15, 0.2) is 0 Å². The Labute approximate surface area is 96.6 Å². The van der Waals surface area contributed by atoms with E-state index >= 15 is 0 Å². The maximum Gasteiger partial charge on any atom is 0.311 e. The Morgan fingerprint density at radius 3 is 2.69 bits per heavy atom. The predicted molar refractivity (Wildman–Crippen MR) is 60.3 cm³/mol. The first-order valence-corrected chi connectivity index (χ1v) is 6.16. The molecule has 0 aromatic heterocycles. The molecule has 2 saturated heterocycles. The second-order valence-corrected chi connectivity index (χ2v) is 5.33. The third-order valence-corrected chi connectivity index (χ3v) is 3.94. The number of ether oxygens (including phenoxy) is 1. The SMILES string of the molecule is CC1CCN(CC2(C(=O)O)CCOCC2)C1. The van der Waals surface area contributed by atoms with Crippen molar-refractivity contribution < 1.29 is 14.6 Å². The molecule has 0 aromatic carbocycles. The highest BCUT2D eigenvalue weighted by Gasteiger charge is 2.42. The van der Waals surface area contributed by atoms with E-state index in [2.05, 4.69) is 11.8 Å². The lowest BCUT2D eigenvalue weighted by Gasteiger charge is -2.36. The van der Waals surface area contributed by atoms with Gasteiger partial charge in [-0.05, 0) is 31.7 Å². The van der Waals surface area contributed by atoms with Crippen LogP contribution in [0.3, 0.4) is 0 Å². The summed E-state index contributed by atoms with van der Waals surface area (Å²) in [6, 6.07) is 0. The summed E-state index contributed by atoms with van der Waals surface area (Å²) in [5.41, 5.74) is -0.553. The van der Waals surface area contributed by atoms with Gasteiger partial charge in [0.05, 0.1) is 5.41 Å². The fourth-order valence-corrected chi connectivity index (χ4v) is 2.80. The molecule has 0 aromatic rings. The maximum atomic E-state index is 11.5. The van der Waals surface area contributed by atoms with Gasteiger partial charge >= 0.3 is 5.97 Å². The van der Waals surface area contributed by atoms with Crippen molar-refractivity contribution in [1.29, 1.82) is 0 Å². The van der Waals surface area contributed by atoms with Crippen LogP contribution < -0.4 is 0 Å². The van der Waals surface area contributed by atoms with E-state index in [0.29, 0.717) is 38.5 Å². The highest BCUT2D eigenvalue weighted by Crippen LogP contribution is 2.33. The van der Waals surface area contributed by atoms with Crippen LogP contribution in [0.2, 0.25) is 0 Å². The second kappa shape index (κ2) is 4.72. The van der Waals surface area contributed by atoms with Crippen LogP contribution in [0.25, 0.3) is 0 Å². The zero-order valence-electron chi connectivity index (χ0n) is 9.95. The molecule has 1 N–H and O–H groups in total. The Morgan fingerprint density at radius 1 is 1.50 bits per heavy atom. The monoisotopic (exact) mass is 227 g/mol. The number of rotatable bonds is 3. The summed E-state index contributed by atoms with van der Waals surface area (Å²) in [5, 5.41) is 9.43. The summed E-state index contributed by atoms with van der Waals surface area (Å²) in [6.07, 6.45) is 2.52. The summed E-state index contributed by atoms with van der Waals surface area (Å²) in [4.78, 5) is 13.8. The number of carboxylic acid groups (broad SMARTS) is 1. The first-order valence-electron chi connectivity index (χ1n) is 6.16. The molecule has 0 aliphatic carbocycles. The summed E-state index contributed by atoms with van der Waals surface area (Å²) >= 11 is 0. The molecular weight excluding hydrogens is 206 g/mol. The molecule has 0 spiro atoms. The molecule has 0 amide bonds. The minimum atomic E-state index is -0.643. The van der Waals surface area contributed by atoms with Crippen molar-refractivity contribution in [1.82, 2.24) is 4.90 Å². The lowest BCUT2D eigenvalue weighted by molar-refractivity contribution is -0.156. The average Bonchev–Trinajstić information content (AvgIpc) is 2.65. The van der Waals surface area contributed by atoms with Crippen LogP contribution in [0.1, 0.15) is 26.2 Å².